The highest BCUT2D eigenvalue weighted by molar-refractivity contribution is 5.91. The molecule has 0 saturated carbocycles. The van der Waals surface area contributed by atoms with Crippen molar-refractivity contribution in [1.29, 1.82) is 0 Å². The molecule has 3 N–H and O–H groups in total. The Morgan fingerprint density at radius 1 is 1.17 bits per heavy atom. The predicted octanol–water partition coefficient (Wildman–Crippen LogP) is 2.58. The van der Waals surface area contributed by atoms with Crippen LogP contribution < -0.4 is 16.0 Å². The van der Waals surface area contributed by atoms with Crippen LogP contribution in [0.25, 0.3) is 0 Å². The maximum atomic E-state index is 12.2. The van der Waals surface area contributed by atoms with Gasteiger partial charge in [0.05, 0.1) is 0 Å². The molecule has 1 aliphatic rings. The summed E-state index contributed by atoms with van der Waals surface area (Å²) in [5.41, 5.74) is 1.26. The number of alkyl carbamates (subject to hydrolysis) is 1. The third kappa shape index (κ3) is 6.90. The summed E-state index contributed by atoms with van der Waals surface area (Å²) in [7, 11) is 0. The highest BCUT2D eigenvalue weighted by atomic mass is 16.5. The van der Waals surface area contributed by atoms with Gasteiger partial charge >= 0.3 is 6.09 Å². The van der Waals surface area contributed by atoms with E-state index in [4.69, 9.17) is 9.15 Å². The molecule has 1 saturated heterocycles. The van der Waals surface area contributed by atoms with Crippen molar-refractivity contribution in [2.75, 3.05) is 26.2 Å². The summed E-state index contributed by atoms with van der Waals surface area (Å²) in [6.45, 7) is 3.10. The van der Waals surface area contributed by atoms with Crippen LogP contribution in [-0.2, 0) is 11.3 Å². The van der Waals surface area contributed by atoms with Gasteiger partial charge in [0, 0.05) is 25.6 Å². The number of aromatic nitrogens is 1. The van der Waals surface area contributed by atoms with E-state index in [1.807, 2.05) is 30.3 Å². The Kier molecular flexibility index (Phi) is 8.06. The lowest BCUT2D eigenvalue weighted by molar-refractivity contribution is 0.0947. The highest BCUT2D eigenvalue weighted by Crippen LogP contribution is 2.22. The highest BCUT2D eigenvalue weighted by Gasteiger charge is 2.21. The van der Waals surface area contributed by atoms with Crippen molar-refractivity contribution in [3.05, 3.63) is 53.7 Å². The Morgan fingerprint density at radius 2 is 1.97 bits per heavy atom. The number of nitrogens with zero attached hydrogens (tertiary/aromatic N) is 1. The maximum absolute atomic E-state index is 12.2. The summed E-state index contributed by atoms with van der Waals surface area (Å²) in [6, 6.07) is 9.52. The molecular formula is C21H28N4O4. The standard InChI is InChI=1S/C21H28N4O4/c26-19(18-15-28-20(25-18)17-9-6-10-22-13-17)23-11-4-5-12-24-21(27)29-14-16-7-2-1-3-8-16/h1-3,7-8,15,17,22H,4-6,9-14H2,(H,23,26)(H,24,27). The van der Waals surface area contributed by atoms with E-state index in [0.29, 0.717) is 24.7 Å². The summed E-state index contributed by atoms with van der Waals surface area (Å²) in [5, 5.41) is 8.84. The molecule has 3 rings (SSSR count). The largest absolute Gasteiger partial charge is 0.448 e. The first-order chi connectivity index (χ1) is 14.2. The van der Waals surface area contributed by atoms with E-state index in [-0.39, 0.29) is 18.4 Å². The van der Waals surface area contributed by atoms with Gasteiger partial charge in [0.25, 0.3) is 5.91 Å². The first kappa shape index (κ1) is 20.9. The van der Waals surface area contributed by atoms with Gasteiger partial charge in [0.1, 0.15) is 12.9 Å². The quantitative estimate of drug-likeness (QED) is 0.559. The average molecular weight is 400 g/mol. The zero-order chi connectivity index (χ0) is 20.3. The first-order valence-corrected chi connectivity index (χ1v) is 10.1. The van der Waals surface area contributed by atoms with Crippen LogP contribution in [0, 0.1) is 0 Å². The minimum Gasteiger partial charge on any atom is -0.448 e. The molecule has 0 radical (unpaired) electrons. The second-order valence-electron chi connectivity index (χ2n) is 7.07. The minimum atomic E-state index is -0.440. The SMILES string of the molecule is O=C(NCCCCNC(=O)c1coc(C2CCCNC2)n1)OCc1ccccc1. The van der Waals surface area contributed by atoms with Crippen molar-refractivity contribution in [2.45, 2.75) is 38.2 Å². The summed E-state index contributed by atoms with van der Waals surface area (Å²) < 4.78 is 10.6. The minimum absolute atomic E-state index is 0.234. The third-order valence-electron chi connectivity index (χ3n) is 4.77. The molecule has 1 atom stereocenters. The topological polar surface area (TPSA) is 105 Å². The molecule has 1 unspecified atom stereocenters. The predicted molar refractivity (Wildman–Crippen MR) is 108 cm³/mol. The molecule has 156 valence electrons. The monoisotopic (exact) mass is 400 g/mol. The fourth-order valence-electron chi connectivity index (χ4n) is 3.15. The molecule has 8 heteroatoms. The van der Waals surface area contributed by atoms with Gasteiger partial charge < -0.3 is 25.1 Å². The van der Waals surface area contributed by atoms with Crippen LogP contribution >= 0.6 is 0 Å². The molecule has 1 aromatic carbocycles. The number of rotatable bonds is 9. The number of oxazole rings is 1. The molecule has 0 spiro atoms. The van der Waals surface area contributed by atoms with Crippen molar-refractivity contribution in [2.24, 2.45) is 0 Å². The van der Waals surface area contributed by atoms with Crippen molar-refractivity contribution in [3.8, 4) is 0 Å². The number of hydrogen-bond donors (Lipinski definition) is 3. The second kappa shape index (κ2) is 11.2. The zero-order valence-corrected chi connectivity index (χ0v) is 16.5. The Hall–Kier alpha value is -2.87. The van der Waals surface area contributed by atoms with Gasteiger partial charge in [-0.2, -0.15) is 0 Å². The van der Waals surface area contributed by atoms with E-state index in [1.54, 1.807) is 0 Å². The van der Waals surface area contributed by atoms with Crippen molar-refractivity contribution >= 4 is 12.0 Å². The maximum Gasteiger partial charge on any atom is 0.407 e. The lowest BCUT2D eigenvalue weighted by Gasteiger charge is -2.19. The summed E-state index contributed by atoms with van der Waals surface area (Å²) in [6.07, 6.45) is 4.56. The van der Waals surface area contributed by atoms with Gasteiger partial charge in [-0.05, 0) is 37.8 Å². The molecule has 2 amide bonds. The number of carbonyl (C=O) groups is 2. The van der Waals surface area contributed by atoms with Crippen LogP contribution in [0.2, 0.25) is 0 Å². The van der Waals surface area contributed by atoms with E-state index in [1.165, 1.54) is 6.26 Å². The van der Waals surface area contributed by atoms with E-state index >= 15 is 0 Å². The number of hydrogen-bond acceptors (Lipinski definition) is 6. The van der Waals surface area contributed by atoms with Crippen LogP contribution in [0.1, 0.15) is 53.5 Å². The third-order valence-corrected chi connectivity index (χ3v) is 4.77. The Bertz CT molecular complexity index is 772. The molecule has 8 nitrogen and oxygen atoms in total. The lowest BCUT2D eigenvalue weighted by Crippen LogP contribution is -2.29. The fraction of sp³-hybridized carbons (Fsp3) is 0.476. The Balaban J connectivity index is 1.25. The molecule has 0 bridgehead atoms. The van der Waals surface area contributed by atoms with E-state index < -0.39 is 6.09 Å². The molecule has 29 heavy (non-hydrogen) atoms. The normalized spacial score (nSPS) is 16.2. The van der Waals surface area contributed by atoms with E-state index in [2.05, 4.69) is 20.9 Å². The molecular weight excluding hydrogens is 372 g/mol. The number of benzene rings is 1. The van der Waals surface area contributed by atoms with Crippen molar-refractivity contribution < 1.29 is 18.7 Å². The lowest BCUT2D eigenvalue weighted by atomic mass is 10.00. The van der Waals surface area contributed by atoms with E-state index in [9.17, 15) is 9.59 Å². The van der Waals surface area contributed by atoms with E-state index in [0.717, 1.165) is 44.3 Å². The summed E-state index contributed by atoms with van der Waals surface area (Å²) in [4.78, 5) is 28.1. The van der Waals surface area contributed by atoms with Crippen molar-refractivity contribution in [1.82, 2.24) is 20.9 Å². The van der Waals surface area contributed by atoms with Gasteiger partial charge in [-0.25, -0.2) is 9.78 Å². The van der Waals surface area contributed by atoms with Gasteiger partial charge in [0.15, 0.2) is 11.6 Å². The molecule has 1 aromatic heterocycles. The van der Waals surface area contributed by atoms with Crippen LogP contribution in [0.4, 0.5) is 4.79 Å². The van der Waals surface area contributed by atoms with Crippen LogP contribution in [-0.4, -0.2) is 43.2 Å². The Morgan fingerprint density at radius 3 is 2.72 bits per heavy atom. The van der Waals surface area contributed by atoms with Crippen LogP contribution in [0.5, 0.6) is 0 Å². The van der Waals surface area contributed by atoms with Gasteiger partial charge in [-0.1, -0.05) is 30.3 Å². The van der Waals surface area contributed by atoms with Crippen molar-refractivity contribution in [3.63, 3.8) is 0 Å². The second-order valence-corrected chi connectivity index (χ2v) is 7.07. The summed E-state index contributed by atoms with van der Waals surface area (Å²) in [5.74, 6) is 0.623. The number of piperidine rings is 1. The average Bonchev–Trinajstić information content (AvgIpc) is 3.26. The number of carbonyl (C=O) groups excluding carboxylic acids is 2. The number of nitrogens with one attached hydrogen (secondary N) is 3. The Labute approximate surface area is 170 Å². The zero-order valence-electron chi connectivity index (χ0n) is 16.5. The van der Waals surface area contributed by atoms with Crippen LogP contribution in [0.3, 0.4) is 0 Å². The number of amides is 2. The van der Waals surface area contributed by atoms with Gasteiger partial charge in [-0.15, -0.1) is 0 Å². The number of unbranched alkanes of at least 4 members (excludes halogenated alkanes) is 1. The smallest absolute Gasteiger partial charge is 0.407 e. The fourth-order valence-corrected chi connectivity index (χ4v) is 3.15. The van der Waals surface area contributed by atoms with Gasteiger partial charge in [0.2, 0.25) is 0 Å². The molecule has 1 aliphatic heterocycles. The molecule has 0 aliphatic carbocycles. The first-order valence-electron chi connectivity index (χ1n) is 10.1. The number of ether oxygens (including phenoxy) is 1. The van der Waals surface area contributed by atoms with Gasteiger partial charge in [-0.3, -0.25) is 4.79 Å². The summed E-state index contributed by atoms with van der Waals surface area (Å²) >= 11 is 0. The molecule has 2 aromatic rings. The molecule has 2 heterocycles. The molecule has 1 fully saturated rings. The van der Waals surface area contributed by atoms with Crippen LogP contribution in [0.15, 0.2) is 41.0 Å².